The summed E-state index contributed by atoms with van der Waals surface area (Å²) in [6.45, 7) is 4.10. The monoisotopic (exact) mass is 493 g/mol. The molecule has 7 nitrogen and oxygen atoms in total. The summed E-state index contributed by atoms with van der Waals surface area (Å²) >= 11 is 12.9. The van der Waals surface area contributed by atoms with Crippen molar-refractivity contribution in [2.75, 3.05) is 5.73 Å². The smallest absolute Gasteiger partial charge is 0.147 e. The third-order valence-corrected chi connectivity index (χ3v) is 6.58. The lowest BCUT2D eigenvalue weighted by Crippen LogP contribution is -2.70. The van der Waals surface area contributed by atoms with Crippen molar-refractivity contribution in [2.45, 2.75) is 18.4 Å². The summed E-state index contributed by atoms with van der Waals surface area (Å²) in [5.41, 5.74) is 9.13. The van der Waals surface area contributed by atoms with Gasteiger partial charge in [-0.15, -0.1) is 0 Å². The van der Waals surface area contributed by atoms with E-state index >= 15 is 0 Å². The molecule has 2 aromatic carbocycles. The van der Waals surface area contributed by atoms with Crippen molar-refractivity contribution in [3.63, 3.8) is 0 Å². The van der Waals surface area contributed by atoms with Crippen molar-refractivity contribution < 1.29 is 10.6 Å². The van der Waals surface area contributed by atoms with E-state index in [9.17, 15) is 15.6 Å². The Bertz CT molecular complexity index is 1370. The Morgan fingerprint density at radius 2 is 2.06 bits per heavy atom. The molecule has 6 N–H and O–H groups in total. The van der Waals surface area contributed by atoms with E-state index in [0.717, 1.165) is 11.3 Å². The first-order valence-electron chi connectivity index (χ1n) is 10.4. The van der Waals surface area contributed by atoms with Crippen LogP contribution in [-0.4, -0.2) is 15.1 Å². The van der Waals surface area contributed by atoms with Crippen LogP contribution in [0.4, 0.5) is 5.69 Å². The molecule has 0 spiro atoms. The number of hydrogen-bond donors (Lipinski definition) is 4. The summed E-state index contributed by atoms with van der Waals surface area (Å²) < 4.78 is 0. The molecular weight excluding hydrogens is 473 g/mol. The highest BCUT2D eigenvalue weighted by molar-refractivity contribution is 6.38. The van der Waals surface area contributed by atoms with Gasteiger partial charge in [-0.3, -0.25) is 0 Å². The molecule has 1 saturated carbocycles. The molecule has 0 saturated heterocycles. The second-order valence-electron chi connectivity index (χ2n) is 7.92. The van der Waals surface area contributed by atoms with Crippen LogP contribution in [0, 0.1) is 16.5 Å². The van der Waals surface area contributed by atoms with Crippen LogP contribution in [0.3, 0.4) is 0 Å². The Balaban J connectivity index is 1.72. The summed E-state index contributed by atoms with van der Waals surface area (Å²) in [4.78, 5) is 7.57. The molecule has 0 amide bonds. The Kier molecular flexibility index (Phi) is 6.62. The summed E-state index contributed by atoms with van der Waals surface area (Å²) in [5.74, 6) is 0.338. The zero-order chi connectivity index (χ0) is 24.5. The largest absolute Gasteiger partial charge is 0.631 e. The van der Waals surface area contributed by atoms with Crippen LogP contribution >= 0.6 is 23.2 Å². The van der Waals surface area contributed by atoms with Gasteiger partial charge in [-0.05, 0) is 59.9 Å². The van der Waals surface area contributed by atoms with E-state index in [-0.39, 0.29) is 5.03 Å². The van der Waals surface area contributed by atoms with Gasteiger partial charge >= 0.3 is 0 Å². The minimum Gasteiger partial charge on any atom is -0.631 e. The van der Waals surface area contributed by atoms with Crippen molar-refractivity contribution in [3.8, 4) is 17.3 Å². The zero-order valence-electron chi connectivity index (χ0n) is 18.0. The summed E-state index contributed by atoms with van der Waals surface area (Å²) in [7, 11) is 0. The van der Waals surface area contributed by atoms with Crippen LogP contribution in [0.15, 0.2) is 77.6 Å². The Labute approximate surface area is 206 Å². The van der Waals surface area contributed by atoms with Crippen molar-refractivity contribution >= 4 is 34.5 Å². The molecule has 9 heteroatoms. The maximum absolute atomic E-state index is 11.5. The number of hydroxylamine groups is 1. The average Bonchev–Trinajstić information content (AvgIpc) is 3.44. The van der Waals surface area contributed by atoms with Gasteiger partial charge in [0.25, 0.3) is 0 Å². The van der Waals surface area contributed by atoms with Crippen LogP contribution in [0.1, 0.15) is 29.8 Å². The van der Waals surface area contributed by atoms with Gasteiger partial charge < -0.3 is 26.5 Å². The average molecular weight is 494 g/mol. The number of nitrogens with zero attached hydrogens (tertiary/aromatic N) is 2. The fraction of sp³-hybridized carbons (Fsp3) is 0.120. The van der Waals surface area contributed by atoms with Crippen LogP contribution in [-0.2, 0) is 5.60 Å². The fourth-order valence-electron chi connectivity index (χ4n) is 4.05. The molecule has 1 aliphatic rings. The lowest BCUT2D eigenvalue weighted by Gasteiger charge is -2.22. The zero-order valence-corrected chi connectivity index (χ0v) is 19.5. The van der Waals surface area contributed by atoms with Gasteiger partial charge in [0, 0.05) is 16.3 Å². The topological polar surface area (TPSA) is 138 Å². The summed E-state index contributed by atoms with van der Waals surface area (Å²) in [6, 6.07) is 14.1. The van der Waals surface area contributed by atoms with Crippen molar-refractivity contribution in [1.82, 2.24) is 9.97 Å². The van der Waals surface area contributed by atoms with Crippen LogP contribution in [0.2, 0.25) is 5.02 Å². The van der Waals surface area contributed by atoms with Crippen LogP contribution < -0.4 is 11.2 Å². The van der Waals surface area contributed by atoms with E-state index < -0.39 is 5.60 Å². The van der Waals surface area contributed by atoms with Crippen molar-refractivity contribution in [2.24, 2.45) is 0 Å². The number of nitriles is 1. The lowest BCUT2D eigenvalue weighted by atomic mass is 9.93. The molecule has 34 heavy (non-hydrogen) atoms. The molecule has 1 aliphatic carbocycles. The molecule has 0 radical (unpaired) electrons. The number of nitrogens with one attached hydrogen (secondary N) is 1. The summed E-state index contributed by atoms with van der Waals surface area (Å²) in [6.07, 6.45) is 3.60. The van der Waals surface area contributed by atoms with Crippen LogP contribution in [0.5, 0.6) is 0 Å². The highest BCUT2D eigenvalue weighted by Crippen LogP contribution is 2.48. The number of H-pyrrole nitrogens is 1. The number of halogens is 2. The molecule has 4 rings (SSSR count). The maximum Gasteiger partial charge on any atom is 0.147 e. The number of benzene rings is 2. The number of nitrogen functional groups attached to an aromatic ring is 1. The molecule has 3 aromatic rings. The standard InChI is InChI=1S/C25H21Cl2N5O2/c1-14-19(23(27)21(12-31-34)20-10-17(26)5-2-16(20)11-28)8-9-25(14,33)24-30-13-22(32-24)15-3-6-18(29)7-4-15/h2-7,10,12-13,33H,1,8-9,29,31H2,(H,30,32)/b21-12-,23-19+. The number of anilines is 1. The Hall–Kier alpha value is -3.38. The quantitative estimate of drug-likeness (QED) is 0.309. The molecule has 1 unspecified atom stereocenters. The molecule has 1 fully saturated rings. The van der Waals surface area contributed by atoms with Crippen molar-refractivity contribution in [3.05, 3.63) is 105 Å². The molecule has 1 atom stereocenters. The van der Waals surface area contributed by atoms with Gasteiger partial charge in [-0.2, -0.15) is 5.26 Å². The normalized spacial score (nSPS) is 19.9. The fourth-order valence-corrected chi connectivity index (χ4v) is 4.60. The molecule has 0 aliphatic heterocycles. The Morgan fingerprint density at radius 1 is 1.32 bits per heavy atom. The third-order valence-electron chi connectivity index (χ3n) is 5.92. The van der Waals surface area contributed by atoms with E-state index in [4.69, 9.17) is 28.9 Å². The maximum atomic E-state index is 11.5. The SMILES string of the molecule is C=C1/C(=C(Cl)\C(=C/[NH2+][O-])c2cc(Cl)ccc2C#N)CCC1(O)c1ncc(-c2ccc(N)cc2)[nH]1. The minimum atomic E-state index is -1.47. The van der Waals surface area contributed by atoms with Gasteiger partial charge in [0.15, 0.2) is 0 Å². The van der Waals surface area contributed by atoms with Crippen LogP contribution in [0.25, 0.3) is 16.8 Å². The molecule has 1 aromatic heterocycles. The van der Waals surface area contributed by atoms with Gasteiger partial charge in [0.2, 0.25) is 0 Å². The highest BCUT2D eigenvalue weighted by atomic mass is 35.5. The minimum absolute atomic E-state index is 0.220. The first kappa shape index (κ1) is 23.8. The number of allylic oxidation sites excluding steroid dienone is 2. The first-order chi connectivity index (χ1) is 16.3. The van der Waals surface area contributed by atoms with E-state index in [1.807, 2.05) is 12.1 Å². The predicted octanol–water partition coefficient (Wildman–Crippen LogP) is 4.32. The third kappa shape index (κ3) is 4.26. The summed E-state index contributed by atoms with van der Waals surface area (Å²) in [5, 5.41) is 33.1. The van der Waals surface area contributed by atoms with E-state index in [1.165, 1.54) is 6.20 Å². The van der Waals surface area contributed by atoms with Gasteiger partial charge in [-0.25, -0.2) is 4.98 Å². The van der Waals surface area contributed by atoms with Crippen molar-refractivity contribution in [1.29, 1.82) is 5.26 Å². The molecule has 0 bridgehead atoms. The first-order valence-corrected chi connectivity index (χ1v) is 11.1. The predicted molar refractivity (Wildman–Crippen MR) is 133 cm³/mol. The Morgan fingerprint density at radius 3 is 2.74 bits per heavy atom. The highest BCUT2D eigenvalue weighted by Gasteiger charge is 2.43. The molecule has 1 heterocycles. The van der Waals surface area contributed by atoms with Gasteiger partial charge in [-0.1, -0.05) is 41.9 Å². The number of imidazole rings is 1. The number of aromatic amines is 1. The number of aliphatic hydroxyl groups is 1. The number of nitrogens with two attached hydrogens (primary N) is 2. The number of aromatic nitrogens is 2. The second kappa shape index (κ2) is 9.47. The molecular formula is C25H21Cl2N5O2. The lowest BCUT2D eigenvalue weighted by molar-refractivity contribution is -0.513. The van der Waals surface area contributed by atoms with E-state index in [0.29, 0.717) is 62.7 Å². The van der Waals surface area contributed by atoms with Gasteiger partial charge in [0.05, 0.1) is 34.1 Å². The molecule has 172 valence electrons. The van der Waals surface area contributed by atoms with Gasteiger partial charge in [0.1, 0.15) is 17.6 Å². The number of quaternary nitrogens is 1. The van der Waals surface area contributed by atoms with E-state index in [1.54, 1.807) is 36.5 Å². The second-order valence-corrected chi connectivity index (χ2v) is 8.73. The number of hydrogen-bond acceptors (Lipinski definition) is 5. The number of rotatable bonds is 5. The van der Waals surface area contributed by atoms with E-state index in [2.05, 4.69) is 22.6 Å².